The number of hydrogen-bond acceptors (Lipinski definition) is 4. The molecule has 0 radical (unpaired) electrons. The maximum absolute atomic E-state index is 12.5. The van der Waals surface area contributed by atoms with Crippen LogP contribution in [0.2, 0.25) is 0 Å². The van der Waals surface area contributed by atoms with Gasteiger partial charge in [-0.3, -0.25) is 14.5 Å². The van der Waals surface area contributed by atoms with Gasteiger partial charge in [-0.05, 0) is 29.7 Å². The molecule has 3 heterocycles. The van der Waals surface area contributed by atoms with Crippen LogP contribution in [0.1, 0.15) is 43.9 Å². The molecule has 0 unspecified atom stereocenters. The van der Waals surface area contributed by atoms with Gasteiger partial charge in [0.25, 0.3) is 0 Å². The van der Waals surface area contributed by atoms with Crippen molar-refractivity contribution in [1.29, 1.82) is 0 Å². The number of hydrogen-bond donors (Lipinski definition) is 1. The van der Waals surface area contributed by atoms with Gasteiger partial charge in [0.2, 0.25) is 5.91 Å². The van der Waals surface area contributed by atoms with Gasteiger partial charge in [0.1, 0.15) is 0 Å². The van der Waals surface area contributed by atoms with E-state index in [0.717, 1.165) is 11.3 Å². The minimum atomic E-state index is -1.08. The summed E-state index contributed by atoms with van der Waals surface area (Å²) >= 11 is 0. The lowest BCUT2D eigenvalue weighted by molar-refractivity contribution is -0.153. The average molecular weight is 356 g/mol. The zero-order chi connectivity index (χ0) is 18.7. The number of piperidine rings is 1. The van der Waals surface area contributed by atoms with Crippen molar-refractivity contribution in [3.05, 3.63) is 48.0 Å². The smallest absolute Gasteiger partial charge is 0.331 e. The van der Waals surface area contributed by atoms with E-state index < -0.39 is 11.5 Å². The molecule has 1 aliphatic heterocycles. The van der Waals surface area contributed by atoms with Crippen LogP contribution in [-0.4, -0.2) is 49.7 Å². The largest absolute Gasteiger partial charge is 0.479 e. The van der Waals surface area contributed by atoms with Crippen LogP contribution in [0.5, 0.6) is 0 Å². The first kappa shape index (κ1) is 18.1. The lowest BCUT2D eigenvalue weighted by atomic mass is 9.87. The Labute approximate surface area is 152 Å². The fourth-order valence-corrected chi connectivity index (χ4v) is 3.34. The first-order valence-corrected chi connectivity index (χ1v) is 8.88. The third kappa shape index (κ3) is 3.47. The van der Waals surface area contributed by atoms with Crippen molar-refractivity contribution in [3.8, 4) is 0 Å². The van der Waals surface area contributed by atoms with Crippen molar-refractivity contribution >= 4 is 11.9 Å². The zero-order valence-electron chi connectivity index (χ0n) is 15.1. The highest BCUT2D eigenvalue weighted by molar-refractivity contribution is 5.80. The summed E-state index contributed by atoms with van der Waals surface area (Å²) in [5.74, 6) is -0.639. The van der Waals surface area contributed by atoms with Gasteiger partial charge in [0, 0.05) is 44.5 Å². The quantitative estimate of drug-likeness (QED) is 0.886. The van der Waals surface area contributed by atoms with Crippen LogP contribution in [0.15, 0.2) is 36.8 Å². The van der Waals surface area contributed by atoms with E-state index in [-0.39, 0.29) is 11.8 Å². The van der Waals surface area contributed by atoms with E-state index in [1.807, 2.05) is 32.0 Å². The zero-order valence-corrected chi connectivity index (χ0v) is 15.1. The molecule has 3 rings (SSSR count). The highest BCUT2D eigenvalue weighted by atomic mass is 16.4. The summed E-state index contributed by atoms with van der Waals surface area (Å²) in [5.41, 5.74) is 0.705. The Hall–Kier alpha value is -2.70. The van der Waals surface area contributed by atoms with E-state index in [4.69, 9.17) is 0 Å². The summed E-state index contributed by atoms with van der Waals surface area (Å²) in [5, 5.41) is 14.4. The molecule has 7 nitrogen and oxygen atoms in total. The van der Waals surface area contributed by atoms with Crippen molar-refractivity contribution in [2.24, 2.45) is 0 Å². The fourth-order valence-electron chi connectivity index (χ4n) is 3.34. The summed E-state index contributed by atoms with van der Waals surface area (Å²) in [7, 11) is 0. The average Bonchev–Trinajstić information content (AvgIpc) is 3.13. The SMILES string of the molecule is CC(C)c1ccn(C2(C(=O)O)CCN(C(=O)Cc3ccncc3)CC2)n1. The van der Waals surface area contributed by atoms with Gasteiger partial charge < -0.3 is 10.0 Å². The molecule has 7 heteroatoms. The van der Waals surface area contributed by atoms with Gasteiger partial charge in [-0.1, -0.05) is 13.8 Å². The summed E-state index contributed by atoms with van der Waals surface area (Å²) in [6.07, 6.45) is 6.09. The third-order valence-electron chi connectivity index (χ3n) is 5.09. The molecule has 0 spiro atoms. The molecule has 1 fully saturated rings. The van der Waals surface area contributed by atoms with Crippen molar-refractivity contribution in [3.63, 3.8) is 0 Å². The number of aliphatic carboxylic acids is 1. The van der Waals surface area contributed by atoms with Crippen molar-refractivity contribution in [1.82, 2.24) is 19.7 Å². The lowest BCUT2D eigenvalue weighted by Gasteiger charge is -2.39. The Morgan fingerprint density at radius 3 is 2.38 bits per heavy atom. The molecule has 0 bridgehead atoms. The van der Waals surface area contributed by atoms with E-state index in [0.29, 0.717) is 32.4 Å². The number of carbonyl (C=O) groups is 2. The standard InChI is InChI=1S/C19H24N4O3/c1-14(2)16-5-10-23(21-16)19(18(25)26)6-11-22(12-7-19)17(24)13-15-3-8-20-9-4-15/h3-5,8-10,14H,6-7,11-13H2,1-2H3,(H,25,26). The Morgan fingerprint density at radius 1 is 1.19 bits per heavy atom. The molecule has 0 atom stereocenters. The highest BCUT2D eigenvalue weighted by Crippen LogP contribution is 2.31. The number of rotatable bonds is 5. The summed E-state index contributed by atoms with van der Waals surface area (Å²) < 4.78 is 1.58. The summed E-state index contributed by atoms with van der Waals surface area (Å²) in [4.78, 5) is 30.3. The second kappa shape index (κ2) is 7.27. The van der Waals surface area contributed by atoms with E-state index in [1.165, 1.54) is 0 Å². The van der Waals surface area contributed by atoms with Gasteiger partial charge in [-0.15, -0.1) is 0 Å². The second-order valence-electron chi connectivity index (χ2n) is 7.09. The van der Waals surface area contributed by atoms with Crippen LogP contribution in [0.4, 0.5) is 0 Å². The van der Waals surface area contributed by atoms with E-state index in [1.54, 1.807) is 28.2 Å². The molecular formula is C19H24N4O3. The number of nitrogens with zero attached hydrogens (tertiary/aromatic N) is 4. The Bertz CT molecular complexity index is 777. The molecule has 1 saturated heterocycles. The summed E-state index contributed by atoms with van der Waals surface area (Å²) in [6.45, 7) is 4.88. The lowest BCUT2D eigenvalue weighted by Crippen LogP contribution is -2.52. The molecule has 0 aliphatic carbocycles. The molecule has 1 N–H and O–H groups in total. The molecule has 26 heavy (non-hydrogen) atoms. The molecule has 138 valence electrons. The Kier molecular flexibility index (Phi) is 5.06. The normalized spacial score (nSPS) is 16.7. The second-order valence-corrected chi connectivity index (χ2v) is 7.09. The van der Waals surface area contributed by atoms with Gasteiger partial charge in [0.05, 0.1) is 12.1 Å². The number of likely N-dealkylation sites (tertiary alicyclic amines) is 1. The molecule has 0 aromatic carbocycles. The number of aromatic nitrogens is 3. The predicted octanol–water partition coefficient (Wildman–Crippen LogP) is 2.05. The third-order valence-corrected chi connectivity index (χ3v) is 5.09. The monoisotopic (exact) mass is 356 g/mol. The van der Waals surface area contributed by atoms with Crippen molar-refractivity contribution in [2.75, 3.05) is 13.1 Å². The van der Waals surface area contributed by atoms with Crippen LogP contribution in [0.25, 0.3) is 0 Å². The molecule has 2 aromatic rings. The predicted molar refractivity (Wildman–Crippen MR) is 95.7 cm³/mol. The minimum Gasteiger partial charge on any atom is -0.479 e. The molecule has 0 saturated carbocycles. The number of pyridine rings is 1. The van der Waals surface area contributed by atoms with Crippen LogP contribution in [-0.2, 0) is 21.5 Å². The van der Waals surface area contributed by atoms with E-state index in [9.17, 15) is 14.7 Å². The number of carboxylic acids is 1. The Balaban J connectivity index is 1.71. The topological polar surface area (TPSA) is 88.3 Å². The minimum absolute atomic E-state index is 0.0125. The number of carbonyl (C=O) groups excluding carboxylic acids is 1. The highest BCUT2D eigenvalue weighted by Gasteiger charge is 2.45. The van der Waals surface area contributed by atoms with Gasteiger partial charge in [-0.2, -0.15) is 5.10 Å². The maximum Gasteiger partial charge on any atom is 0.331 e. The van der Waals surface area contributed by atoms with Crippen LogP contribution in [0, 0.1) is 0 Å². The van der Waals surface area contributed by atoms with Crippen molar-refractivity contribution in [2.45, 2.75) is 44.6 Å². The maximum atomic E-state index is 12.5. The fraction of sp³-hybridized carbons (Fsp3) is 0.474. The van der Waals surface area contributed by atoms with E-state index >= 15 is 0 Å². The number of carboxylic acid groups (broad SMARTS) is 1. The number of amides is 1. The molecule has 2 aromatic heterocycles. The Morgan fingerprint density at radius 2 is 1.85 bits per heavy atom. The van der Waals surface area contributed by atoms with Gasteiger partial charge in [0.15, 0.2) is 5.54 Å². The molecular weight excluding hydrogens is 332 g/mol. The molecule has 1 aliphatic rings. The molecule has 1 amide bonds. The van der Waals surface area contributed by atoms with E-state index in [2.05, 4.69) is 10.1 Å². The van der Waals surface area contributed by atoms with Gasteiger partial charge >= 0.3 is 5.97 Å². The first-order valence-electron chi connectivity index (χ1n) is 8.88. The first-order chi connectivity index (χ1) is 12.4. The summed E-state index contributed by atoms with van der Waals surface area (Å²) in [6, 6.07) is 5.51. The van der Waals surface area contributed by atoms with Crippen LogP contribution in [0.3, 0.4) is 0 Å². The van der Waals surface area contributed by atoms with Crippen LogP contribution >= 0.6 is 0 Å². The van der Waals surface area contributed by atoms with Crippen molar-refractivity contribution < 1.29 is 14.7 Å². The van der Waals surface area contributed by atoms with Crippen LogP contribution < -0.4 is 0 Å². The van der Waals surface area contributed by atoms with Gasteiger partial charge in [-0.25, -0.2) is 4.79 Å².